The summed E-state index contributed by atoms with van der Waals surface area (Å²) in [6.45, 7) is 3.88. The van der Waals surface area contributed by atoms with Crippen molar-refractivity contribution in [2.24, 2.45) is 0 Å². The van der Waals surface area contributed by atoms with Crippen molar-refractivity contribution in [1.82, 2.24) is 5.32 Å². The van der Waals surface area contributed by atoms with Crippen molar-refractivity contribution >= 4 is 23.0 Å². The summed E-state index contributed by atoms with van der Waals surface area (Å²) in [6.07, 6.45) is 20.6. The van der Waals surface area contributed by atoms with E-state index in [-0.39, 0.29) is 11.6 Å². The molecule has 0 unspecified atom stereocenters. The minimum atomic E-state index is 0.00994. The van der Waals surface area contributed by atoms with Gasteiger partial charge in [-0.3, -0.25) is 9.59 Å². The Balaban J connectivity index is 1.44. The van der Waals surface area contributed by atoms with Crippen LogP contribution in [0.25, 0.3) is 11.4 Å². The van der Waals surface area contributed by atoms with Crippen molar-refractivity contribution in [3.05, 3.63) is 82.9 Å². The van der Waals surface area contributed by atoms with E-state index in [0.29, 0.717) is 18.4 Å². The summed E-state index contributed by atoms with van der Waals surface area (Å²) < 4.78 is 0. The highest BCUT2D eigenvalue weighted by atomic mass is 16.1. The number of hydrogen-bond acceptors (Lipinski definition) is 3. The van der Waals surface area contributed by atoms with Crippen LogP contribution in [0.15, 0.2) is 71.8 Å². The van der Waals surface area contributed by atoms with Gasteiger partial charge in [0.2, 0.25) is 0 Å². The average Bonchev–Trinajstić information content (AvgIpc) is 2.99. The lowest BCUT2D eigenvalue weighted by Gasteiger charge is -2.27. The first kappa shape index (κ1) is 31.6. The Bertz CT molecular complexity index is 1100. The summed E-state index contributed by atoms with van der Waals surface area (Å²) in [5, 5.41) is 3.52. The molecule has 0 aliphatic carbocycles. The van der Waals surface area contributed by atoms with Crippen LogP contribution in [-0.4, -0.2) is 11.6 Å². The lowest BCUT2D eigenvalue weighted by atomic mass is 9.87. The number of nitrogens with one attached hydrogen (secondary N) is 1. The van der Waals surface area contributed by atoms with Crippen LogP contribution in [0.5, 0.6) is 0 Å². The molecule has 0 saturated heterocycles. The third-order valence-electron chi connectivity index (χ3n) is 8.10. The highest BCUT2D eigenvalue weighted by molar-refractivity contribution is 6.11. The van der Waals surface area contributed by atoms with Crippen molar-refractivity contribution in [2.45, 2.75) is 123 Å². The van der Waals surface area contributed by atoms with E-state index in [1.54, 1.807) is 6.92 Å². The maximum absolute atomic E-state index is 13.5. The van der Waals surface area contributed by atoms with Gasteiger partial charge in [-0.15, -0.1) is 0 Å². The third-order valence-corrected chi connectivity index (χ3v) is 8.10. The molecule has 0 amide bonds. The topological polar surface area (TPSA) is 46.2 Å². The van der Waals surface area contributed by atoms with E-state index in [2.05, 4.69) is 12.2 Å². The molecule has 1 aliphatic rings. The van der Waals surface area contributed by atoms with Crippen LogP contribution in [0.2, 0.25) is 0 Å². The van der Waals surface area contributed by atoms with Gasteiger partial charge in [0, 0.05) is 24.0 Å². The smallest absolute Gasteiger partial charge is 0.161 e. The van der Waals surface area contributed by atoms with Gasteiger partial charge in [-0.2, -0.15) is 0 Å². The number of carbonyl (C=O) groups is 2. The van der Waals surface area contributed by atoms with Crippen LogP contribution in [0, 0.1) is 0 Å². The molecule has 0 saturated carbocycles. The van der Waals surface area contributed by atoms with Gasteiger partial charge in [0.15, 0.2) is 11.6 Å². The van der Waals surface area contributed by atoms with E-state index >= 15 is 0 Å². The van der Waals surface area contributed by atoms with Gasteiger partial charge in [0.05, 0.1) is 11.4 Å². The van der Waals surface area contributed by atoms with Gasteiger partial charge < -0.3 is 5.32 Å². The first-order chi connectivity index (χ1) is 19.6. The molecule has 0 radical (unpaired) electrons. The van der Waals surface area contributed by atoms with E-state index in [1.807, 2.05) is 60.7 Å². The highest BCUT2D eigenvalue weighted by Crippen LogP contribution is 2.34. The standard InChI is InChI=1S/C37H51NO2/c1-3-4-5-6-7-8-9-10-11-12-13-14-15-16-23-28-35(40)34-29-33(30(2)39)36(31-24-19-17-20-25-31)38-37(34)32-26-21-18-22-27-32/h17-22,24-27,38H,3-16,23,28-29H2,1-2H3. The van der Waals surface area contributed by atoms with Crippen molar-refractivity contribution < 1.29 is 9.59 Å². The number of allylic oxidation sites excluding steroid dienone is 2. The van der Waals surface area contributed by atoms with E-state index in [0.717, 1.165) is 40.9 Å². The fraction of sp³-hybridized carbons (Fsp3) is 0.514. The van der Waals surface area contributed by atoms with Crippen LogP contribution >= 0.6 is 0 Å². The number of rotatable bonds is 20. The highest BCUT2D eigenvalue weighted by Gasteiger charge is 2.27. The molecule has 3 rings (SSSR count). The Labute approximate surface area is 243 Å². The van der Waals surface area contributed by atoms with Gasteiger partial charge in [-0.1, -0.05) is 157 Å². The first-order valence-electron chi connectivity index (χ1n) is 16.0. The lowest BCUT2D eigenvalue weighted by molar-refractivity contribution is -0.115. The maximum Gasteiger partial charge on any atom is 0.161 e. The predicted octanol–water partition coefficient (Wildman–Crippen LogP) is 10.2. The first-order valence-corrected chi connectivity index (χ1v) is 16.0. The van der Waals surface area contributed by atoms with Crippen LogP contribution in [0.4, 0.5) is 0 Å². The lowest BCUT2D eigenvalue weighted by Crippen LogP contribution is -2.25. The largest absolute Gasteiger partial charge is 0.354 e. The molecule has 40 heavy (non-hydrogen) atoms. The Morgan fingerprint density at radius 3 is 1.40 bits per heavy atom. The summed E-state index contributed by atoms with van der Waals surface area (Å²) in [4.78, 5) is 26.2. The molecular formula is C37H51NO2. The van der Waals surface area contributed by atoms with E-state index in [9.17, 15) is 9.59 Å². The van der Waals surface area contributed by atoms with E-state index < -0.39 is 0 Å². The molecule has 1 aliphatic heterocycles. The molecular weight excluding hydrogens is 490 g/mol. The number of ketones is 2. The number of benzene rings is 2. The summed E-state index contributed by atoms with van der Waals surface area (Å²) >= 11 is 0. The molecule has 0 fully saturated rings. The van der Waals surface area contributed by atoms with E-state index in [4.69, 9.17) is 0 Å². The Hall–Kier alpha value is -2.94. The average molecular weight is 542 g/mol. The van der Waals surface area contributed by atoms with Gasteiger partial charge in [0.25, 0.3) is 0 Å². The van der Waals surface area contributed by atoms with Crippen LogP contribution < -0.4 is 5.32 Å². The Morgan fingerprint density at radius 1 is 0.575 bits per heavy atom. The zero-order valence-corrected chi connectivity index (χ0v) is 25.1. The van der Waals surface area contributed by atoms with Gasteiger partial charge >= 0.3 is 0 Å². The second-order valence-corrected chi connectivity index (χ2v) is 11.4. The molecule has 1 N–H and O–H groups in total. The Morgan fingerprint density at radius 2 is 0.975 bits per heavy atom. The van der Waals surface area contributed by atoms with Crippen molar-refractivity contribution in [3.8, 4) is 0 Å². The van der Waals surface area contributed by atoms with Crippen LogP contribution in [-0.2, 0) is 9.59 Å². The summed E-state index contributed by atoms with van der Waals surface area (Å²) in [5.74, 6) is 0.169. The predicted molar refractivity (Wildman–Crippen MR) is 170 cm³/mol. The van der Waals surface area contributed by atoms with Crippen LogP contribution in [0.1, 0.15) is 134 Å². The number of dihydropyridines is 1. The molecule has 3 nitrogen and oxygen atoms in total. The quantitative estimate of drug-likeness (QED) is 0.170. The van der Waals surface area contributed by atoms with Crippen molar-refractivity contribution in [1.29, 1.82) is 0 Å². The summed E-state index contributed by atoms with van der Waals surface area (Å²) in [6, 6.07) is 20.0. The van der Waals surface area contributed by atoms with Crippen LogP contribution in [0.3, 0.4) is 0 Å². The molecule has 0 bridgehead atoms. The second kappa shape index (κ2) is 18.4. The van der Waals surface area contributed by atoms with Gasteiger partial charge in [-0.05, 0) is 24.5 Å². The fourth-order valence-electron chi connectivity index (χ4n) is 5.68. The minimum absolute atomic E-state index is 0.00994. The molecule has 2 aromatic carbocycles. The number of unbranched alkanes of at least 4 members (excludes halogenated alkanes) is 14. The number of hydrogen-bond donors (Lipinski definition) is 1. The number of carbonyl (C=O) groups excluding carboxylic acids is 2. The molecule has 0 spiro atoms. The van der Waals surface area contributed by atoms with Crippen molar-refractivity contribution in [2.75, 3.05) is 0 Å². The van der Waals surface area contributed by atoms with Gasteiger partial charge in [0.1, 0.15) is 0 Å². The van der Waals surface area contributed by atoms with E-state index in [1.165, 1.54) is 83.5 Å². The number of Topliss-reactive ketones (excluding diaryl/α,β-unsaturated/α-hetero) is 2. The molecule has 1 heterocycles. The zero-order valence-electron chi connectivity index (χ0n) is 25.1. The van der Waals surface area contributed by atoms with Gasteiger partial charge in [-0.25, -0.2) is 0 Å². The molecule has 2 aromatic rings. The SMILES string of the molecule is CCCCCCCCCCCCCCCCCC(=O)C1=C(c2ccccc2)NC(c2ccccc2)=C(C(C)=O)C1. The molecule has 0 atom stereocenters. The molecule has 0 aromatic heterocycles. The molecule has 3 heteroatoms. The fourth-order valence-corrected chi connectivity index (χ4v) is 5.68. The normalized spacial score (nSPS) is 13.4. The minimum Gasteiger partial charge on any atom is -0.354 e. The zero-order chi connectivity index (χ0) is 28.4. The monoisotopic (exact) mass is 541 g/mol. The summed E-state index contributed by atoms with van der Waals surface area (Å²) in [7, 11) is 0. The summed E-state index contributed by atoms with van der Waals surface area (Å²) in [5.41, 5.74) is 5.03. The Kier molecular flexibility index (Phi) is 14.5. The van der Waals surface area contributed by atoms with Crippen molar-refractivity contribution in [3.63, 3.8) is 0 Å². The maximum atomic E-state index is 13.5. The third kappa shape index (κ3) is 10.6. The molecule has 216 valence electrons. The second-order valence-electron chi connectivity index (χ2n) is 11.4.